The molecule has 0 unspecified atom stereocenters. The zero-order valence-corrected chi connectivity index (χ0v) is 10.1. The summed E-state index contributed by atoms with van der Waals surface area (Å²) in [6.45, 7) is 6.83. The molecule has 0 atom stereocenters. The van der Waals surface area contributed by atoms with Gasteiger partial charge in [0.15, 0.2) is 6.79 Å². The van der Waals surface area contributed by atoms with Crippen LogP contribution in [0.2, 0.25) is 0 Å². The third-order valence-corrected chi connectivity index (χ3v) is 1.60. The summed E-state index contributed by atoms with van der Waals surface area (Å²) in [5.41, 5.74) is 0.339. The van der Waals surface area contributed by atoms with Crippen LogP contribution in [0.5, 0.6) is 0 Å². The molecule has 100 valence electrons. The summed E-state index contributed by atoms with van der Waals surface area (Å²) in [6.07, 6.45) is 0. The molecule has 0 aromatic carbocycles. The Morgan fingerprint density at radius 1 is 1.06 bits per heavy atom. The Morgan fingerprint density at radius 2 is 1.59 bits per heavy atom. The van der Waals surface area contributed by atoms with Crippen molar-refractivity contribution in [1.82, 2.24) is 0 Å². The third-order valence-electron chi connectivity index (χ3n) is 1.60. The van der Waals surface area contributed by atoms with Gasteiger partial charge in [-0.15, -0.1) is 0 Å². The Kier molecular flexibility index (Phi) is 10.9. The van der Waals surface area contributed by atoms with E-state index in [1.165, 1.54) is 0 Å². The molecule has 17 heavy (non-hydrogen) atoms. The molecule has 0 aliphatic rings. The largest absolute Gasteiger partial charge is 0.435 e. The van der Waals surface area contributed by atoms with Crippen molar-refractivity contribution in [3.05, 3.63) is 12.2 Å². The lowest BCUT2D eigenvalue weighted by Gasteiger charge is -2.06. The minimum atomic E-state index is -0.469. The van der Waals surface area contributed by atoms with Gasteiger partial charge in [0, 0.05) is 5.57 Å². The Labute approximate surface area is 101 Å². The molecule has 0 heterocycles. The van der Waals surface area contributed by atoms with Gasteiger partial charge < -0.3 is 24.1 Å². The first kappa shape index (κ1) is 16.1. The van der Waals surface area contributed by atoms with Crippen molar-refractivity contribution in [2.45, 2.75) is 6.92 Å². The molecular formula is C11H20O6. The smallest absolute Gasteiger partial charge is 0.335 e. The molecule has 0 aromatic rings. The van der Waals surface area contributed by atoms with Crippen LogP contribution in [0.25, 0.3) is 0 Å². The van der Waals surface area contributed by atoms with Gasteiger partial charge in [-0.05, 0) is 6.92 Å². The predicted molar refractivity (Wildman–Crippen MR) is 60.4 cm³/mol. The normalized spacial score (nSPS) is 10.2. The van der Waals surface area contributed by atoms with E-state index < -0.39 is 5.97 Å². The van der Waals surface area contributed by atoms with Gasteiger partial charge in [0.1, 0.15) is 0 Å². The zero-order valence-electron chi connectivity index (χ0n) is 10.1. The number of esters is 1. The van der Waals surface area contributed by atoms with Crippen LogP contribution in [0.1, 0.15) is 6.92 Å². The maximum absolute atomic E-state index is 10.9. The first-order chi connectivity index (χ1) is 8.18. The lowest BCUT2D eigenvalue weighted by atomic mass is 10.4. The summed E-state index contributed by atoms with van der Waals surface area (Å²) >= 11 is 0. The van der Waals surface area contributed by atoms with E-state index in [0.717, 1.165) is 0 Å². The van der Waals surface area contributed by atoms with Crippen LogP contribution in [-0.2, 0) is 23.7 Å². The van der Waals surface area contributed by atoms with Gasteiger partial charge in [0.2, 0.25) is 0 Å². The predicted octanol–water partition coefficient (Wildman–Crippen LogP) is 0.105. The standard InChI is InChI=1S/C11H20O6/c1-10(2)11(13)17-9-16-8-7-15-6-5-14-4-3-12/h12H,1,3-9H2,2H3. The number of hydrogen-bond donors (Lipinski definition) is 1. The van der Waals surface area contributed by atoms with E-state index in [-0.39, 0.29) is 13.4 Å². The van der Waals surface area contributed by atoms with E-state index in [1.807, 2.05) is 0 Å². The van der Waals surface area contributed by atoms with Gasteiger partial charge in [0.25, 0.3) is 0 Å². The number of carbonyl (C=O) groups excluding carboxylic acids is 1. The first-order valence-corrected chi connectivity index (χ1v) is 5.35. The Morgan fingerprint density at radius 3 is 2.12 bits per heavy atom. The van der Waals surface area contributed by atoms with Crippen molar-refractivity contribution < 1.29 is 28.8 Å². The maximum Gasteiger partial charge on any atom is 0.335 e. The van der Waals surface area contributed by atoms with E-state index in [4.69, 9.17) is 24.1 Å². The molecule has 0 aliphatic heterocycles. The van der Waals surface area contributed by atoms with Gasteiger partial charge in [0.05, 0.1) is 39.6 Å². The Hall–Kier alpha value is -0.950. The van der Waals surface area contributed by atoms with Gasteiger partial charge in [-0.2, -0.15) is 0 Å². The monoisotopic (exact) mass is 248 g/mol. The SMILES string of the molecule is C=C(C)C(=O)OCOCCOCCOCCO. The van der Waals surface area contributed by atoms with Crippen LogP contribution < -0.4 is 0 Å². The molecular weight excluding hydrogens is 228 g/mol. The van der Waals surface area contributed by atoms with E-state index in [9.17, 15) is 4.79 Å². The van der Waals surface area contributed by atoms with Gasteiger partial charge in [-0.25, -0.2) is 4.79 Å². The van der Waals surface area contributed by atoms with E-state index >= 15 is 0 Å². The fraction of sp³-hybridized carbons (Fsp3) is 0.727. The van der Waals surface area contributed by atoms with Gasteiger partial charge in [-0.3, -0.25) is 0 Å². The molecule has 6 nitrogen and oxygen atoms in total. The number of aliphatic hydroxyl groups excluding tert-OH is 1. The third kappa shape index (κ3) is 11.3. The lowest BCUT2D eigenvalue weighted by Crippen LogP contribution is -2.13. The molecule has 0 saturated carbocycles. The minimum absolute atomic E-state index is 0.0111. The molecule has 0 aromatic heterocycles. The lowest BCUT2D eigenvalue weighted by molar-refractivity contribution is -0.152. The molecule has 0 spiro atoms. The molecule has 0 amide bonds. The number of rotatable bonds is 11. The summed E-state index contributed by atoms with van der Waals surface area (Å²) in [7, 11) is 0. The first-order valence-electron chi connectivity index (χ1n) is 5.35. The summed E-state index contributed by atoms with van der Waals surface area (Å²) in [5, 5.41) is 8.42. The summed E-state index contributed by atoms with van der Waals surface area (Å²) in [6, 6.07) is 0. The van der Waals surface area contributed by atoms with Crippen molar-refractivity contribution in [2.24, 2.45) is 0 Å². The summed E-state index contributed by atoms with van der Waals surface area (Å²) in [4.78, 5) is 10.9. The summed E-state index contributed by atoms with van der Waals surface area (Å²) in [5.74, 6) is -0.469. The quantitative estimate of drug-likeness (QED) is 0.242. The molecule has 0 saturated heterocycles. The highest BCUT2D eigenvalue weighted by molar-refractivity contribution is 5.86. The van der Waals surface area contributed by atoms with Gasteiger partial charge in [-0.1, -0.05) is 6.58 Å². The maximum atomic E-state index is 10.9. The van der Waals surface area contributed by atoms with Crippen LogP contribution in [0.15, 0.2) is 12.2 Å². The second kappa shape index (κ2) is 11.5. The van der Waals surface area contributed by atoms with Gasteiger partial charge >= 0.3 is 5.97 Å². The second-order valence-electron chi connectivity index (χ2n) is 3.19. The number of aliphatic hydroxyl groups is 1. The molecule has 0 rings (SSSR count). The van der Waals surface area contributed by atoms with Crippen molar-refractivity contribution in [3.8, 4) is 0 Å². The van der Waals surface area contributed by atoms with Crippen molar-refractivity contribution in [3.63, 3.8) is 0 Å². The molecule has 0 fully saturated rings. The highest BCUT2D eigenvalue weighted by Gasteiger charge is 2.01. The van der Waals surface area contributed by atoms with Crippen LogP contribution in [-0.4, -0.2) is 57.5 Å². The second-order valence-corrected chi connectivity index (χ2v) is 3.19. The van der Waals surface area contributed by atoms with Crippen LogP contribution in [0.3, 0.4) is 0 Å². The summed E-state index contributed by atoms with van der Waals surface area (Å²) < 4.78 is 19.8. The van der Waals surface area contributed by atoms with Crippen molar-refractivity contribution >= 4 is 5.97 Å². The van der Waals surface area contributed by atoms with E-state index in [0.29, 0.717) is 38.6 Å². The molecule has 6 heteroatoms. The number of carbonyl (C=O) groups is 1. The van der Waals surface area contributed by atoms with Crippen LogP contribution >= 0.6 is 0 Å². The fourth-order valence-electron chi connectivity index (χ4n) is 0.782. The van der Waals surface area contributed by atoms with Crippen LogP contribution in [0, 0.1) is 0 Å². The number of hydrogen-bond acceptors (Lipinski definition) is 6. The number of ether oxygens (including phenoxy) is 4. The molecule has 1 N–H and O–H groups in total. The van der Waals surface area contributed by atoms with E-state index in [1.54, 1.807) is 6.92 Å². The van der Waals surface area contributed by atoms with Crippen molar-refractivity contribution in [1.29, 1.82) is 0 Å². The minimum Gasteiger partial charge on any atom is -0.435 e. The fourth-order valence-corrected chi connectivity index (χ4v) is 0.782. The van der Waals surface area contributed by atoms with E-state index in [2.05, 4.69) is 6.58 Å². The highest BCUT2D eigenvalue weighted by Crippen LogP contribution is 1.91. The average Bonchev–Trinajstić information content (AvgIpc) is 2.31. The molecule has 0 radical (unpaired) electrons. The zero-order chi connectivity index (χ0) is 12.9. The Bertz CT molecular complexity index is 216. The van der Waals surface area contributed by atoms with Crippen LogP contribution in [0.4, 0.5) is 0 Å². The Balaban J connectivity index is 3.08. The molecule has 0 bridgehead atoms. The average molecular weight is 248 g/mol. The molecule has 0 aliphatic carbocycles. The topological polar surface area (TPSA) is 74.2 Å². The van der Waals surface area contributed by atoms with Crippen molar-refractivity contribution in [2.75, 3.05) is 46.4 Å². The highest BCUT2D eigenvalue weighted by atomic mass is 16.7.